The summed E-state index contributed by atoms with van der Waals surface area (Å²) in [6.45, 7) is 4.90. The third-order valence-electron chi connectivity index (χ3n) is 7.58. The van der Waals surface area contributed by atoms with Gasteiger partial charge in [-0.05, 0) is 62.2 Å². The van der Waals surface area contributed by atoms with E-state index in [-0.39, 0.29) is 12.1 Å². The van der Waals surface area contributed by atoms with Crippen LogP contribution in [-0.2, 0) is 11.3 Å². The van der Waals surface area contributed by atoms with Crippen molar-refractivity contribution in [3.8, 4) is 5.69 Å². The number of nitrogens with one attached hydrogen (secondary N) is 2. The molecule has 3 aliphatic heterocycles. The Hall–Kier alpha value is -3.64. The van der Waals surface area contributed by atoms with Crippen LogP contribution >= 0.6 is 0 Å². The number of imidazole rings is 1. The molecule has 3 aliphatic rings. The number of amides is 2. The van der Waals surface area contributed by atoms with Gasteiger partial charge in [0.2, 0.25) is 0 Å². The minimum absolute atomic E-state index is 0.144. The van der Waals surface area contributed by atoms with E-state index in [0.717, 1.165) is 68.7 Å². The number of para-hydroxylation sites is 2. The molecule has 2 atom stereocenters. The second kappa shape index (κ2) is 11.2. The molecule has 3 saturated heterocycles. The first-order valence-electron chi connectivity index (χ1n) is 13.0. The summed E-state index contributed by atoms with van der Waals surface area (Å²) in [6.07, 6.45) is -0.00833. The summed E-state index contributed by atoms with van der Waals surface area (Å²) in [6, 6.07) is 18.1. The third-order valence-corrected chi connectivity index (χ3v) is 7.58. The number of piperidine rings is 2. The van der Waals surface area contributed by atoms with E-state index in [0.29, 0.717) is 12.1 Å². The number of rotatable bonds is 4. The quantitative estimate of drug-likeness (QED) is 0.466. The smallest absolute Gasteiger partial charge is 0.475 e. The minimum atomic E-state index is -5.08. The van der Waals surface area contributed by atoms with Crippen LogP contribution in [0.5, 0.6) is 0 Å². The molecule has 208 valence electrons. The molecular formula is C27H31F3N6O3. The number of carboxylic acid groups (broad SMARTS) is 1. The van der Waals surface area contributed by atoms with Crippen LogP contribution in [0.3, 0.4) is 0 Å². The zero-order valence-corrected chi connectivity index (χ0v) is 21.3. The number of carbonyl (C=O) groups is 2. The van der Waals surface area contributed by atoms with Crippen LogP contribution in [0.25, 0.3) is 16.7 Å². The van der Waals surface area contributed by atoms with Gasteiger partial charge in [-0.3, -0.25) is 9.47 Å². The summed E-state index contributed by atoms with van der Waals surface area (Å²) in [5, 5.41) is 13.8. The van der Waals surface area contributed by atoms with Crippen molar-refractivity contribution in [3.63, 3.8) is 0 Å². The maximum absolute atomic E-state index is 12.7. The number of alkyl halides is 3. The number of benzene rings is 2. The number of hydrogen-bond donors (Lipinski definition) is 3. The number of halogens is 3. The minimum Gasteiger partial charge on any atom is -0.475 e. The molecule has 2 aromatic carbocycles. The van der Waals surface area contributed by atoms with Crippen molar-refractivity contribution in [2.45, 2.75) is 50.1 Å². The molecule has 3 N–H and O–H groups in total. The largest absolute Gasteiger partial charge is 0.490 e. The summed E-state index contributed by atoms with van der Waals surface area (Å²) >= 11 is 0. The van der Waals surface area contributed by atoms with Gasteiger partial charge in [-0.25, -0.2) is 14.6 Å². The number of aromatic nitrogens is 2. The predicted molar refractivity (Wildman–Crippen MR) is 138 cm³/mol. The van der Waals surface area contributed by atoms with Crippen molar-refractivity contribution in [3.05, 3.63) is 60.4 Å². The van der Waals surface area contributed by atoms with E-state index in [1.54, 1.807) is 0 Å². The van der Waals surface area contributed by atoms with Crippen molar-refractivity contribution in [1.82, 2.24) is 30.0 Å². The summed E-state index contributed by atoms with van der Waals surface area (Å²) in [4.78, 5) is 30.8. The molecule has 0 bridgehead atoms. The Morgan fingerprint density at radius 2 is 1.74 bits per heavy atom. The van der Waals surface area contributed by atoms with E-state index in [1.807, 2.05) is 24.5 Å². The number of carboxylic acids is 1. The number of urea groups is 1. The predicted octanol–water partition coefficient (Wildman–Crippen LogP) is 3.38. The van der Waals surface area contributed by atoms with Crippen LogP contribution < -0.4 is 10.6 Å². The molecule has 3 fully saturated rings. The van der Waals surface area contributed by atoms with Crippen LogP contribution in [-0.4, -0.2) is 86.9 Å². The van der Waals surface area contributed by atoms with Gasteiger partial charge < -0.3 is 20.6 Å². The van der Waals surface area contributed by atoms with Crippen LogP contribution in [0.4, 0.5) is 18.0 Å². The second-order valence-electron chi connectivity index (χ2n) is 10.1. The lowest BCUT2D eigenvalue weighted by Gasteiger charge is -2.40. The molecule has 2 unspecified atom stereocenters. The Kier molecular flexibility index (Phi) is 7.76. The van der Waals surface area contributed by atoms with Crippen LogP contribution in [0.2, 0.25) is 0 Å². The average Bonchev–Trinajstić information content (AvgIpc) is 3.49. The molecular weight excluding hydrogens is 513 g/mol. The molecule has 3 aromatic rings. The van der Waals surface area contributed by atoms with Crippen molar-refractivity contribution in [1.29, 1.82) is 0 Å². The number of hydrogen-bond acceptors (Lipinski definition) is 5. The zero-order valence-electron chi connectivity index (χ0n) is 21.3. The first kappa shape index (κ1) is 26.9. The molecule has 4 heterocycles. The first-order chi connectivity index (χ1) is 18.7. The van der Waals surface area contributed by atoms with Gasteiger partial charge in [0.1, 0.15) is 6.33 Å². The Morgan fingerprint density at radius 3 is 2.44 bits per heavy atom. The van der Waals surface area contributed by atoms with Crippen molar-refractivity contribution >= 4 is 23.0 Å². The zero-order chi connectivity index (χ0) is 27.6. The topological polar surface area (TPSA) is 103 Å². The van der Waals surface area contributed by atoms with Gasteiger partial charge in [0.25, 0.3) is 0 Å². The lowest BCUT2D eigenvalue weighted by molar-refractivity contribution is -0.192. The Balaban J connectivity index is 0.000000392. The van der Waals surface area contributed by atoms with E-state index in [1.165, 1.54) is 5.56 Å². The van der Waals surface area contributed by atoms with E-state index in [9.17, 15) is 18.0 Å². The van der Waals surface area contributed by atoms with Gasteiger partial charge in [-0.15, -0.1) is 0 Å². The molecule has 6 rings (SSSR count). The van der Waals surface area contributed by atoms with E-state index >= 15 is 0 Å². The molecule has 0 radical (unpaired) electrons. The summed E-state index contributed by atoms with van der Waals surface area (Å²) in [7, 11) is 0. The monoisotopic (exact) mass is 544 g/mol. The maximum atomic E-state index is 12.7. The molecule has 39 heavy (non-hydrogen) atoms. The highest BCUT2D eigenvalue weighted by molar-refractivity contribution is 5.78. The van der Waals surface area contributed by atoms with Gasteiger partial charge in [0.15, 0.2) is 0 Å². The molecule has 0 saturated carbocycles. The highest BCUT2D eigenvalue weighted by Gasteiger charge is 2.45. The van der Waals surface area contributed by atoms with Crippen molar-refractivity contribution in [2.24, 2.45) is 0 Å². The highest BCUT2D eigenvalue weighted by Crippen LogP contribution is 2.29. The number of nitrogens with zero attached hydrogens (tertiary/aromatic N) is 4. The van der Waals surface area contributed by atoms with Gasteiger partial charge in [0, 0.05) is 31.4 Å². The first-order valence-corrected chi connectivity index (χ1v) is 13.0. The molecule has 2 amide bonds. The van der Waals surface area contributed by atoms with E-state index < -0.39 is 12.1 Å². The van der Waals surface area contributed by atoms with Crippen LogP contribution in [0.1, 0.15) is 24.8 Å². The van der Waals surface area contributed by atoms with Gasteiger partial charge in [-0.2, -0.15) is 13.2 Å². The number of carbonyl (C=O) groups excluding carboxylic acids is 1. The standard InChI is InChI=1S/C25H30N6O.C2HF3O2/c32-25-28-22-16-29(14-11-24(22)31(25)20-9-12-26-13-10-20)15-18-5-7-19(8-6-18)30-17-27-21-3-1-2-4-23(21)30;3-2(4,5)1(6)7/h1-8,17,20,22,24,26H,9-16H2,(H,28,32);(H,6,7). The number of likely N-dealkylation sites (tertiary alicyclic amines) is 1. The SMILES string of the molecule is O=C(O)C(F)(F)F.O=C1NC2CN(Cc3ccc(-n4cnc5ccccc54)cc3)CCC2N1C1CCNCC1. The summed E-state index contributed by atoms with van der Waals surface area (Å²) < 4.78 is 33.9. The fourth-order valence-electron chi connectivity index (χ4n) is 5.72. The van der Waals surface area contributed by atoms with Crippen molar-refractivity contribution in [2.75, 3.05) is 26.2 Å². The molecule has 0 aliphatic carbocycles. The van der Waals surface area contributed by atoms with Crippen LogP contribution in [0, 0.1) is 0 Å². The number of fused-ring (bicyclic) bond motifs is 2. The Morgan fingerprint density at radius 1 is 1.05 bits per heavy atom. The van der Waals surface area contributed by atoms with Gasteiger partial charge >= 0.3 is 18.2 Å². The van der Waals surface area contributed by atoms with Gasteiger partial charge in [0.05, 0.1) is 23.1 Å². The van der Waals surface area contributed by atoms with Crippen molar-refractivity contribution < 1.29 is 27.9 Å². The third kappa shape index (κ3) is 6.01. The number of aliphatic carboxylic acids is 1. The summed E-state index contributed by atoms with van der Waals surface area (Å²) in [5.74, 6) is -2.76. The molecule has 1 aromatic heterocycles. The van der Waals surface area contributed by atoms with E-state index in [4.69, 9.17) is 9.90 Å². The second-order valence-corrected chi connectivity index (χ2v) is 10.1. The molecule has 0 spiro atoms. The molecule has 12 heteroatoms. The lowest BCUT2D eigenvalue weighted by atomic mass is 9.96. The fraction of sp³-hybridized carbons (Fsp3) is 0.444. The van der Waals surface area contributed by atoms with Gasteiger partial charge in [-0.1, -0.05) is 24.3 Å². The fourth-order valence-corrected chi connectivity index (χ4v) is 5.72. The highest BCUT2D eigenvalue weighted by atomic mass is 19.4. The maximum Gasteiger partial charge on any atom is 0.490 e. The average molecular weight is 545 g/mol. The molecule has 9 nitrogen and oxygen atoms in total. The Labute approximate surface area is 223 Å². The van der Waals surface area contributed by atoms with E-state index in [2.05, 4.69) is 60.3 Å². The van der Waals surface area contributed by atoms with Crippen LogP contribution in [0.15, 0.2) is 54.9 Å². The summed E-state index contributed by atoms with van der Waals surface area (Å²) in [5.41, 5.74) is 4.56. The normalized spacial score (nSPS) is 22.2. The Bertz CT molecular complexity index is 1310. The lowest BCUT2D eigenvalue weighted by Crippen LogP contribution is -2.53.